The van der Waals surface area contributed by atoms with Crippen molar-refractivity contribution in [2.24, 2.45) is 0 Å². The molecule has 0 spiro atoms. The maximum atomic E-state index is 10.7. The van der Waals surface area contributed by atoms with E-state index in [0.717, 1.165) is 0 Å². The van der Waals surface area contributed by atoms with Crippen molar-refractivity contribution in [1.82, 2.24) is 0 Å². The van der Waals surface area contributed by atoms with Crippen LogP contribution in [0.2, 0.25) is 0 Å². The number of halogens is 2. The van der Waals surface area contributed by atoms with Crippen LogP contribution in [0.4, 0.5) is 0 Å². The number of aromatic carboxylic acids is 1. The second-order valence-electron chi connectivity index (χ2n) is 2.09. The zero-order chi connectivity index (χ0) is 9.84. The topological polar surface area (TPSA) is 37.3 Å². The second-order valence-corrected chi connectivity index (χ2v) is 16.3. The van der Waals surface area contributed by atoms with Gasteiger partial charge in [0.15, 0.2) is 0 Å². The molecule has 0 aliphatic carbocycles. The summed E-state index contributed by atoms with van der Waals surface area (Å²) < 4.78 is 0. The second kappa shape index (κ2) is 5.35. The third-order valence-electron chi connectivity index (χ3n) is 1.28. The van der Waals surface area contributed by atoms with Gasteiger partial charge in [-0.3, -0.25) is 0 Å². The molecule has 13 heavy (non-hydrogen) atoms. The Hall–Kier alpha value is 0.438. The molecule has 0 aliphatic heterocycles. The molecule has 0 saturated heterocycles. The van der Waals surface area contributed by atoms with Crippen LogP contribution in [-0.4, -0.2) is 27.6 Å². The third-order valence-corrected chi connectivity index (χ3v) is 7.62. The van der Waals surface area contributed by atoms with Crippen molar-refractivity contribution in [3.05, 3.63) is 29.8 Å². The van der Waals surface area contributed by atoms with Gasteiger partial charge in [0.25, 0.3) is 0 Å². The van der Waals surface area contributed by atoms with Crippen molar-refractivity contribution in [2.45, 2.75) is 4.90 Å². The van der Waals surface area contributed by atoms with Gasteiger partial charge in [0.1, 0.15) is 0 Å². The molecule has 0 amide bonds. The van der Waals surface area contributed by atoms with Crippen molar-refractivity contribution in [1.29, 1.82) is 0 Å². The van der Waals surface area contributed by atoms with Crippen LogP contribution in [0.25, 0.3) is 0 Å². The van der Waals surface area contributed by atoms with E-state index >= 15 is 0 Å². The van der Waals surface area contributed by atoms with Gasteiger partial charge in [-0.2, -0.15) is 0 Å². The summed E-state index contributed by atoms with van der Waals surface area (Å²) in [5.41, 5.74) is 0.267. The van der Waals surface area contributed by atoms with Crippen LogP contribution in [0, 0.1) is 0 Å². The quantitative estimate of drug-likeness (QED) is 0.856. The Bertz CT molecular complexity index is 319. The van der Waals surface area contributed by atoms with Crippen LogP contribution in [0.3, 0.4) is 0 Å². The minimum atomic E-state index is -2.26. The molecule has 0 aromatic heterocycles. The molecule has 0 heterocycles. The number of hydrogen-bond acceptors (Lipinski definition) is 2. The fraction of sp³-hybridized carbons (Fsp3) is 0. The van der Waals surface area contributed by atoms with Crippen molar-refractivity contribution in [2.75, 3.05) is 0 Å². The van der Waals surface area contributed by atoms with Crippen molar-refractivity contribution in [3.8, 4) is 0 Å². The van der Waals surface area contributed by atoms with Crippen LogP contribution in [0.15, 0.2) is 29.2 Å². The molecular formula is C7H5Cl2O2SSb. The molecule has 0 atom stereocenters. The van der Waals surface area contributed by atoms with Crippen molar-refractivity contribution >= 4 is 49.0 Å². The first-order valence-electron chi connectivity index (χ1n) is 3.23. The van der Waals surface area contributed by atoms with E-state index in [4.69, 9.17) is 22.8 Å². The van der Waals surface area contributed by atoms with Crippen LogP contribution in [-0.2, 0) is 0 Å². The molecule has 6 heteroatoms. The van der Waals surface area contributed by atoms with E-state index in [2.05, 4.69) is 0 Å². The van der Waals surface area contributed by atoms with E-state index in [1.165, 1.54) is 8.85 Å². The van der Waals surface area contributed by atoms with E-state index in [-0.39, 0.29) is 5.56 Å². The van der Waals surface area contributed by atoms with E-state index < -0.39 is 22.5 Å². The molecule has 1 rings (SSSR count). The van der Waals surface area contributed by atoms with Gasteiger partial charge in [-0.25, -0.2) is 0 Å². The van der Waals surface area contributed by atoms with Crippen LogP contribution in [0.1, 0.15) is 10.4 Å². The first-order chi connectivity index (χ1) is 6.11. The van der Waals surface area contributed by atoms with E-state index in [0.29, 0.717) is 4.90 Å². The molecule has 0 aliphatic rings. The summed E-state index contributed by atoms with van der Waals surface area (Å²) in [5.74, 6) is -0.946. The Kier molecular flexibility index (Phi) is 4.74. The van der Waals surface area contributed by atoms with Gasteiger partial charge in [-0.05, 0) is 0 Å². The summed E-state index contributed by atoms with van der Waals surface area (Å²) in [7, 11) is 12.7. The first kappa shape index (κ1) is 11.5. The van der Waals surface area contributed by atoms with E-state index in [9.17, 15) is 4.79 Å². The summed E-state index contributed by atoms with van der Waals surface area (Å²) in [6.07, 6.45) is 0. The maximum absolute atomic E-state index is 10.7. The molecule has 2 nitrogen and oxygen atoms in total. The van der Waals surface area contributed by atoms with Crippen molar-refractivity contribution < 1.29 is 9.90 Å². The molecule has 70 valence electrons. The third kappa shape index (κ3) is 3.59. The summed E-state index contributed by atoms with van der Waals surface area (Å²) in [4.78, 5) is 11.4. The molecular weight excluding hydrogens is 341 g/mol. The van der Waals surface area contributed by atoms with E-state index in [1.807, 2.05) is 0 Å². The standard InChI is InChI=1S/C7H6O2S.2ClH.Sb/c8-7(9)5-3-1-2-4-6(5)10;;;/h1-4,10H,(H,8,9);2*1H;/q;;;+3/p-3. The average Bonchev–Trinajstić information content (AvgIpc) is 2.03. The predicted molar refractivity (Wildman–Crippen MR) is 56.7 cm³/mol. The Morgan fingerprint density at radius 3 is 2.54 bits per heavy atom. The van der Waals surface area contributed by atoms with Gasteiger partial charge in [0.05, 0.1) is 0 Å². The van der Waals surface area contributed by atoms with Crippen LogP contribution >= 0.6 is 26.5 Å². The average molecular weight is 346 g/mol. The Balaban J connectivity index is 2.98. The zero-order valence-corrected chi connectivity index (χ0v) is 11.2. The molecule has 0 saturated carbocycles. The molecule has 1 aromatic carbocycles. The number of hydrogen-bond donors (Lipinski definition) is 1. The minimum absolute atomic E-state index is 0.267. The number of rotatable bonds is 3. The molecule has 0 radical (unpaired) electrons. The van der Waals surface area contributed by atoms with E-state index in [1.54, 1.807) is 24.3 Å². The van der Waals surface area contributed by atoms with Gasteiger partial charge in [0, 0.05) is 0 Å². The molecule has 0 fully saturated rings. The summed E-state index contributed by atoms with van der Waals surface area (Å²) in [6, 6.07) is 6.71. The van der Waals surface area contributed by atoms with Crippen LogP contribution in [0.5, 0.6) is 0 Å². The monoisotopic (exact) mass is 344 g/mol. The Morgan fingerprint density at radius 1 is 1.38 bits per heavy atom. The van der Waals surface area contributed by atoms with Gasteiger partial charge < -0.3 is 0 Å². The van der Waals surface area contributed by atoms with Gasteiger partial charge >= 0.3 is 93.6 Å². The van der Waals surface area contributed by atoms with Gasteiger partial charge in [0.2, 0.25) is 0 Å². The van der Waals surface area contributed by atoms with Crippen molar-refractivity contribution in [3.63, 3.8) is 0 Å². The molecule has 1 N–H and O–H groups in total. The predicted octanol–water partition coefficient (Wildman–Crippen LogP) is 2.94. The zero-order valence-electron chi connectivity index (χ0n) is 6.28. The fourth-order valence-corrected chi connectivity index (χ4v) is 6.97. The summed E-state index contributed by atoms with van der Waals surface area (Å²) in [5, 5.41) is 8.80. The number of carbonyl (C=O) groups is 1. The molecule has 1 aromatic rings. The van der Waals surface area contributed by atoms with Gasteiger partial charge in [-0.1, -0.05) is 0 Å². The first-order valence-corrected chi connectivity index (χ1v) is 13.6. The molecule has 0 bridgehead atoms. The number of carboxylic acids is 1. The Morgan fingerprint density at radius 2 is 2.00 bits per heavy atom. The SMILES string of the molecule is O=C(O)c1ccccc1[S][Sb]([Cl])[Cl]. The van der Waals surface area contributed by atoms with Gasteiger partial charge in [-0.15, -0.1) is 0 Å². The molecule has 0 unspecified atom stereocenters. The summed E-state index contributed by atoms with van der Waals surface area (Å²) >= 11 is -2.26. The number of carboxylic acid groups (broad SMARTS) is 1. The summed E-state index contributed by atoms with van der Waals surface area (Å²) in [6.45, 7) is 0. The Labute approximate surface area is 92.9 Å². The van der Waals surface area contributed by atoms with Crippen LogP contribution < -0.4 is 0 Å². The number of benzene rings is 1. The normalized spacial score (nSPS) is 10.4. The fourth-order valence-electron chi connectivity index (χ4n) is 0.797.